The Labute approximate surface area is 106 Å². The minimum absolute atomic E-state index is 0.423. The molecule has 1 rings (SSSR count). The molecule has 1 aromatic carbocycles. The summed E-state index contributed by atoms with van der Waals surface area (Å²) in [5.41, 5.74) is 0.945. The largest absolute Gasteiger partial charge is 0.399 e. The van der Waals surface area contributed by atoms with E-state index in [1.54, 1.807) is 0 Å². The molecule has 0 amide bonds. The molecule has 0 aromatic heterocycles. The monoisotopic (exact) mass is 331 g/mol. The highest BCUT2D eigenvalue weighted by atomic mass is 127. The van der Waals surface area contributed by atoms with Crippen molar-refractivity contribution in [2.24, 2.45) is 0 Å². The van der Waals surface area contributed by atoms with Gasteiger partial charge in [0.05, 0.1) is 6.07 Å². The van der Waals surface area contributed by atoms with Crippen molar-refractivity contribution in [1.82, 2.24) is 0 Å². The van der Waals surface area contributed by atoms with Crippen LogP contribution in [0.3, 0.4) is 0 Å². The molecule has 0 N–H and O–H groups in total. The Morgan fingerprint density at radius 2 is 1.80 bits per heavy atom. The number of benzene rings is 1. The Kier molecular flexibility index (Phi) is 4.31. The zero-order chi connectivity index (χ0) is 11.5. The zero-order valence-electron chi connectivity index (χ0n) is 9.12. The molecule has 0 saturated heterocycles. The fraction of sp³-hybridized carbons (Fsp3) is 0.364. The van der Waals surface area contributed by atoms with E-state index >= 15 is 0 Å². The van der Waals surface area contributed by atoms with Gasteiger partial charge in [0.25, 0.3) is 0 Å². The first-order valence-electron chi connectivity index (χ1n) is 4.75. The maximum atomic E-state index is 9.06. The number of halogens is 1. The predicted octanol–water partition coefficient (Wildman–Crippen LogP) is 3.71. The van der Waals surface area contributed by atoms with Gasteiger partial charge < -0.3 is 4.43 Å². The SMILES string of the molecule is C[Si](C)(C)OC(C#N)c1ccc(I)cc1. The third kappa shape index (κ3) is 4.32. The number of hydrogen-bond donors (Lipinski definition) is 0. The molecular weight excluding hydrogens is 317 g/mol. The van der Waals surface area contributed by atoms with E-state index in [-0.39, 0.29) is 0 Å². The molecule has 1 unspecified atom stereocenters. The van der Waals surface area contributed by atoms with Crippen LogP contribution >= 0.6 is 22.6 Å². The second-order valence-corrected chi connectivity index (χ2v) is 10.00. The average Bonchev–Trinajstić information content (AvgIpc) is 2.14. The summed E-state index contributed by atoms with van der Waals surface area (Å²) in [7, 11) is -1.66. The molecule has 0 heterocycles. The van der Waals surface area contributed by atoms with Crippen LogP contribution in [0.5, 0.6) is 0 Å². The van der Waals surface area contributed by atoms with Crippen molar-refractivity contribution >= 4 is 30.9 Å². The normalized spacial score (nSPS) is 13.3. The Balaban J connectivity index is 2.85. The molecule has 1 atom stereocenters. The molecule has 0 aliphatic rings. The van der Waals surface area contributed by atoms with Crippen LogP contribution in [-0.4, -0.2) is 8.32 Å². The summed E-state index contributed by atoms with van der Waals surface area (Å²) in [6.07, 6.45) is -0.423. The van der Waals surface area contributed by atoms with Gasteiger partial charge in [-0.1, -0.05) is 12.1 Å². The standard InChI is InChI=1S/C11H14INOSi/c1-15(2,3)14-11(8-13)9-4-6-10(12)7-5-9/h4-7,11H,1-3H3. The maximum absolute atomic E-state index is 9.06. The highest BCUT2D eigenvalue weighted by molar-refractivity contribution is 14.1. The summed E-state index contributed by atoms with van der Waals surface area (Å²) in [5.74, 6) is 0. The molecule has 0 saturated carbocycles. The number of hydrogen-bond acceptors (Lipinski definition) is 2. The summed E-state index contributed by atoms with van der Waals surface area (Å²) in [6, 6.07) is 10.1. The van der Waals surface area contributed by atoms with E-state index in [4.69, 9.17) is 9.69 Å². The molecule has 0 fully saturated rings. The van der Waals surface area contributed by atoms with Crippen molar-refractivity contribution < 1.29 is 4.43 Å². The lowest BCUT2D eigenvalue weighted by Crippen LogP contribution is -2.27. The van der Waals surface area contributed by atoms with Gasteiger partial charge in [-0.2, -0.15) is 5.26 Å². The van der Waals surface area contributed by atoms with Crippen molar-refractivity contribution in [3.05, 3.63) is 33.4 Å². The fourth-order valence-corrected chi connectivity index (χ4v) is 2.42. The molecular formula is C11H14INOSi. The summed E-state index contributed by atoms with van der Waals surface area (Å²) >= 11 is 2.25. The summed E-state index contributed by atoms with van der Waals surface area (Å²) < 4.78 is 6.96. The quantitative estimate of drug-likeness (QED) is 0.625. The van der Waals surface area contributed by atoms with Crippen molar-refractivity contribution in [2.75, 3.05) is 0 Å². The maximum Gasteiger partial charge on any atom is 0.186 e. The summed E-state index contributed by atoms with van der Waals surface area (Å²) in [5, 5.41) is 9.06. The van der Waals surface area contributed by atoms with E-state index < -0.39 is 14.4 Å². The van der Waals surface area contributed by atoms with Gasteiger partial charge in [0, 0.05) is 3.57 Å². The third-order valence-corrected chi connectivity index (χ3v) is 3.42. The number of rotatable bonds is 3. The Bertz CT molecular complexity index is 364. The van der Waals surface area contributed by atoms with Crippen LogP contribution < -0.4 is 0 Å². The van der Waals surface area contributed by atoms with Gasteiger partial charge in [0.15, 0.2) is 14.4 Å². The summed E-state index contributed by atoms with van der Waals surface area (Å²) in [4.78, 5) is 0. The molecule has 0 spiro atoms. The smallest absolute Gasteiger partial charge is 0.186 e. The van der Waals surface area contributed by atoms with Crippen LogP contribution in [0.4, 0.5) is 0 Å². The van der Waals surface area contributed by atoms with Gasteiger partial charge in [0.2, 0.25) is 0 Å². The third-order valence-electron chi connectivity index (χ3n) is 1.76. The molecule has 0 aliphatic carbocycles. The molecule has 80 valence electrons. The summed E-state index contributed by atoms with van der Waals surface area (Å²) in [6.45, 7) is 6.26. The molecule has 4 heteroatoms. The Hall–Kier alpha value is -0.383. The fourth-order valence-electron chi connectivity index (χ4n) is 1.16. The second-order valence-electron chi connectivity index (χ2n) is 4.29. The number of nitrogens with zero attached hydrogens (tertiary/aromatic N) is 1. The average molecular weight is 331 g/mol. The van der Waals surface area contributed by atoms with E-state index in [0.29, 0.717) is 0 Å². The first-order chi connectivity index (χ1) is 6.92. The van der Waals surface area contributed by atoms with Gasteiger partial charge in [-0.3, -0.25) is 0 Å². The first-order valence-corrected chi connectivity index (χ1v) is 9.24. The second kappa shape index (κ2) is 5.10. The van der Waals surface area contributed by atoms with Gasteiger partial charge in [0.1, 0.15) is 0 Å². The minimum Gasteiger partial charge on any atom is -0.399 e. The topological polar surface area (TPSA) is 33.0 Å². The van der Waals surface area contributed by atoms with Crippen LogP contribution in [0.2, 0.25) is 19.6 Å². The molecule has 1 aromatic rings. The minimum atomic E-state index is -1.66. The van der Waals surface area contributed by atoms with Gasteiger partial charge >= 0.3 is 0 Å². The molecule has 0 radical (unpaired) electrons. The van der Waals surface area contributed by atoms with Gasteiger partial charge in [-0.15, -0.1) is 0 Å². The van der Waals surface area contributed by atoms with Crippen molar-refractivity contribution in [3.8, 4) is 6.07 Å². The highest BCUT2D eigenvalue weighted by Crippen LogP contribution is 2.22. The Morgan fingerprint density at radius 3 is 2.20 bits per heavy atom. The van der Waals surface area contributed by atoms with Gasteiger partial charge in [-0.05, 0) is 59.9 Å². The molecule has 0 bridgehead atoms. The van der Waals surface area contributed by atoms with Crippen LogP contribution in [0.25, 0.3) is 0 Å². The van der Waals surface area contributed by atoms with Gasteiger partial charge in [-0.25, -0.2) is 0 Å². The molecule has 2 nitrogen and oxygen atoms in total. The van der Waals surface area contributed by atoms with Crippen LogP contribution in [0.15, 0.2) is 24.3 Å². The zero-order valence-corrected chi connectivity index (χ0v) is 12.3. The van der Waals surface area contributed by atoms with Crippen LogP contribution in [0.1, 0.15) is 11.7 Å². The van der Waals surface area contributed by atoms with E-state index in [9.17, 15) is 0 Å². The lowest BCUT2D eigenvalue weighted by atomic mass is 10.1. The molecule has 15 heavy (non-hydrogen) atoms. The van der Waals surface area contributed by atoms with E-state index in [0.717, 1.165) is 5.56 Å². The van der Waals surface area contributed by atoms with Crippen LogP contribution in [0, 0.1) is 14.9 Å². The lowest BCUT2D eigenvalue weighted by Gasteiger charge is -2.21. The predicted molar refractivity (Wildman–Crippen MR) is 71.9 cm³/mol. The number of nitriles is 1. The van der Waals surface area contributed by atoms with E-state index in [2.05, 4.69) is 48.3 Å². The molecule has 0 aliphatic heterocycles. The lowest BCUT2D eigenvalue weighted by molar-refractivity contribution is 0.255. The first kappa shape index (κ1) is 12.7. The van der Waals surface area contributed by atoms with E-state index in [1.165, 1.54) is 3.57 Å². The highest BCUT2D eigenvalue weighted by Gasteiger charge is 2.21. The van der Waals surface area contributed by atoms with Crippen molar-refractivity contribution in [3.63, 3.8) is 0 Å². The van der Waals surface area contributed by atoms with Crippen molar-refractivity contribution in [1.29, 1.82) is 5.26 Å². The van der Waals surface area contributed by atoms with E-state index in [1.807, 2.05) is 24.3 Å². The van der Waals surface area contributed by atoms with Crippen LogP contribution in [-0.2, 0) is 4.43 Å². The van der Waals surface area contributed by atoms with Crippen molar-refractivity contribution in [2.45, 2.75) is 25.7 Å². The Morgan fingerprint density at radius 1 is 1.27 bits per heavy atom.